The van der Waals surface area contributed by atoms with Crippen molar-refractivity contribution in [1.29, 1.82) is 0 Å². The van der Waals surface area contributed by atoms with Gasteiger partial charge in [0.1, 0.15) is 11.1 Å². The van der Waals surface area contributed by atoms with Crippen LogP contribution in [0.25, 0.3) is 0 Å². The molecule has 12 heteroatoms. The molecule has 4 aliphatic rings. The van der Waals surface area contributed by atoms with Crippen molar-refractivity contribution >= 4 is 41.9 Å². The van der Waals surface area contributed by atoms with Crippen molar-refractivity contribution < 1.29 is 28.7 Å². The van der Waals surface area contributed by atoms with Crippen LogP contribution in [0.3, 0.4) is 0 Å². The van der Waals surface area contributed by atoms with Gasteiger partial charge < -0.3 is 19.9 Å². The summed E-state index contributed by atoms with van der Waals surface area (Å²) < 4.78 is 5.30. The Morgan fingerprint density at radius 1 is 1.15 bits per heavy atom. The first-order valence-electron chi connectivity index (χ1n) is 14.8. The first-order chi connectivity index (χ1) is 19.6. The highest BCUT2D eigenvalue weighted by atomic mass is 32.2. The van der Waals surface area contributed by atoms with Gasteiger partial charge in [0.15, 0.2) is 0 Å². The molecule has 0 aromatic heterocycles. The molecule has 0 aromatic rings. The minimum absolute atomic E-state index is 0.00153. The van der Waals surface area contributed by atoms with Crippen LogP contribution < -0.4 is 5.32 Å². The Bertz CT molecular complexity index is 1080. The number of hydrogen-bond donors (Lipinski definition) is 1. The Labute approximate surface area is 247 Å². The quantitative estimate of drug-likeness (QED) is 0.121. The summed E-state index contributed by atoms with van der Waals surface area (Å²) in [5, 5.41) is 3.48. The van der Waals surface area contributed by atoms with Crippen LogP contribution in [0.5, 0.6) is 0 Å². The summed E-state index contributed by atoms with van der Waals surface area (Å²) in [6.07, 6.45) is 6.48. The Balaban J connectivity index is 1.45. The van der Waals surface area contributed by atoms with E-state index in [-0.39, 0.29) is 47.3 Å². The van der Waals surface area contributed by atoms with Gasteiger partial charge in [-0.05, 0) is 56.1 Å². The lowest BCUT2D eigenvalue weighted by Gasteiger charge is -2.59. The third-order valence-corrected chi connectivity index (χ3v) is 10.4. The average Bonchev–Trinajstić information content (AvgIpc) is 3.10. The lowest BCUT2D eigenvalue weighted by atomic mass is 9.51. The van der Waals surface area contributed by atoms with Crippen molar-refractivity contribution in [3.8, 4) is 0 Å². The highest BCUT2D eigenvalue weighted by molar-refractivity contribution is 8.03. The zero-order chi connectivity index (χ0) is 29.9. The molecule has 4 fully saturated rings. The first-order valence-corrected chi connectivity index (χ1v) is 15.8. The normalized spacial score (nSPS) is 28.4. The van der Waals surface area contributed by atoms with Gasteiger partial charge in [0.25, 0.3) is 17.7 Å². The molecule has 6 amide bonds. The minimum atomic E-state index is -0.756. The van der Waals surface area contributed by atoms with Crippen LogP contribution >= 0.6 is 11.8 Å². The maximum absolute atomic E-state index is 13.8. The number of hydrogen-bond acceptors (Lipinski definition) is 8. The Hall–Kier alpha value is -2.60. The number of ether oxygens (including phenoxy) is 1. The third-order valence-electron chi connectivity index (χ3n) is 9.42. The number of nitrogens with one attached hydrogen (secondary N) is 1. The standard InChI is InChI=1S/C29H45N5O6S/c1-6-8-13-33(19-35)25(37)22(23(30-3)41-7-2)24(36)31(4)21-9-11-28(12-10-21)17-29(18-28)26(38)32(5)27(39)34(29)14-20-15-40-16-20/h19-21,30H,6-18H2,1-5H3/b23-22+. The second-order valence-electron chi connectivity index (χ2n) is 12.0. The monoisotopic (exact) mass is 591 g/mol. The summed E-state index contributed by atoms with van der Waals surface area (Å²) in [5.74, 6) is -0.130. The zero-order valence-corrected chi connectivity index (χ0v) is 25.9. The maximum Gasteiger partial charge on any atom is 0.327 e. The van der Waals surface area contributed by atoms with Gasteiger partial charge in [0.2, 0.25) is 6.41 Å². The van der Waals surface area contributed by atoms with E-state index in [1.165, 1.54) is 16.7 Å². The van der Waals surface area contributed by atoms with Crippen LogP contribution in [-0.2, 0) is 23.9 Å². The topological polar surface area (TPSA) is 120 Å². The highest BCUT2D eigenvalue weighted by Gasteiger charge is 2.68. The van der Waals surface area contributed by atoms with Gasteiger partial charge in [-0.25, -0.2) is 4.79 Å². The number of nitrogens with zero attached hydrogens (tertiary/aromatic N) is 4. The lowest BCUT2D eigenvalue weighted by molar-refractivity contribution is -0.153. The van der Waals surface area contributed by atoms with E-state index in [9.17, 15) is 24.0 Å². The van der Waals surface area contributed by atoms with Crippen molar-refractivity contribution in [2.24, 2.45) is 11.3 Å². The van der Waals surface area contributed by atoms with Crippen molar-refractivity contribution in [2.45, 2.75) is 76.8 Å². The molecule has 2 heterocycles. The number of urea groups is 1. The number of amides is 6. The van der Waals surface area contributed by atoms with Gasteiger partial charge in [0, 0.05) is 46.2 Å². The van der Waals surface area contributed by atoms with Crippen LogP contribution in [0.4, 0.5) is 4.79 Å². The largest absolute Gasteiger partial charge is 0.382 e. The van der Waals surface area contributed by atoms with Crippen molar-refractivity contribution in [1.82, 2.24) is 24.9 Å². The lowest BCUT2D eigenvalue weighted by Crippen LogP contribution is -2.65. The molecule has 2 saturated carbocycles. The van der Waals surface area contributed by atoms with E-state index in [0.29, 0.717) is 56.2 Å². The number of unbranched alkanes of at least 4 members (excludes halogenated alkanes) is 1. The molecule has 2 saturated heterocycles. The molecule has 0 aromatic carbocycles. The maximum atomic E-state index is 13.8. The van der Waals surface area contributed by atoms with Gasteiger partial charge in [-0.15, -0.1) is 11.8 Å². The molecule has 228 valence electrons. The predicted molar refractivity (Wildman–Crippen MR) is 156 cm³/mol. The van der Waals surface area contributed by atoms with Crippen molar-refractivity contribution in [3.63, 3.8) is 0 Å². The van der Waals surface area contributed by atoms with E-state index in [0.717, 1.165) is 37.0 Å². The van der Waals surface area contributed by atoms with E-state index in [1.807, 2.05) is 13.8 Å². The second-order valence-corrected chi connectivity index (χ2v) is 13.3. The van der Waals surface area contributed by atoms with Crippen LogP contribution in [0.2, 0.25) is 0 Å². The molecule has 1 N–H and O–H groups in total. The summed E-state index contributed by atoms with van der Waals surface area (Å²) in [7, 11) is 4.99. The highest BCUT2D eigenvalue weighted by Crippen LogP contribution is 2.61. The number of thioether (sulfide) groups is 1. The second kappa shape index (κ2) is 12.7. The molecule has 41 heavy (non-hydrogen) atoms. The van der Waals surface area contributed by atoms with Crippen LogP contribution in [-0.4, -0.2) is 115 Å². The average molecular weight is 592 g/mol. The smallest absolute Gasteiger partial charge is 0.327 e. The van der Waals surface area contributed by atoms with E-state index in [2.05, 4.69) is 5.32 Å². The number of carbonyl (C=O) groups is 5. The molecular formula is C29H45N5O6S. The third kappa shape index (κ3) is 5.74. The molecule has 2 aliphatic carbocycles. The molecule has 2 spiro atoms. The van der Waals surface area contributed by atoms with E-state index in [1.54, 1.807) is 30.9 Å². The number of rotatable bonds is 12. The van der Waals surface area contributed by atoms with Crippen LogP contribution in [0.1, 0.15) is 65.2 Å². The fourth-order valence-electron chi connectivity index (χ4n) is 6.98. The zero-order valence-electron chi connectivity index (χ0n) is 25.1. The van der Waals surface area contributed by atoms with Gasteiger partial charge >= 0.3 is 6.03 Å². The molecule has 0 radical (unpaired) electrons. The summed E-state index contributed by atoms with van der Waals surface area (Å²) >= 11 is 1.37. The van der Waals surface area contributed by atoms with E-state index in [4.69, 9.17) is 4.74 Å². The molecule has 2 aliphatic heterocycles. The summed E-state index contributed by atoms with van der Waals surface area (Å²) in [5.41, 5.74) is -0.789. The Kier molecular flexibility index (Phi) is 9.73. The van der Waals surface area contributed by atoms with Gasteiger partial charge in [-0.3, -0.25) is 29.0 Å². The Morgan fingerprint density at radius 3 is 2.32 bits per heavy atom. The van der Waals surface area contributed by atoms with Gasteiger partial charge in [-0.2, -0.15) is 0 Å². The SMILES string of the molecule is CCCCN(C=O)C(=O)/C(C(=O)N(C)C1CCC2(CC1)CC1(C2)C(=O)N(C)C(=O)N1CC1COC1)=C(\NC)SCC. The summed E-state index contributed by atoms with van der Waals surface area (Å²) in [6.45, 7) is 5.99. The minimum Gasteiger partial charge on any atom is -0.382 e. The van der Waals surface area contributed by atoms with E-state index < -0.39 is 11.4 Å². The fourth-order valence-corrected chi connectivity index (χ4v) is 7.73. The molecule has 11 nitrogen and oxygen atoms in total. The fraction of sp³-hybridized carbons (Fsp3) is 0.759. The number of likely N-dealkylation sites (N-methyl/N-ethyl adjacent to an activating group) is 2. The number of carbonyl (C=O) groups excluding carboxylic acids is 5. The summed E-state index contributed by atoms with van der Waals surface area (Å²) in [6, 6.07) is -0.280. The molecule has 0 atom stereocenters. The molecule has 0 unspecified atom stereocenters. The van der Waals surface area contributed by atoms with Gasteiger partial charge in [0.05, 0.1) is 18.2 Å². The van der Waals surface area contributed by atoms with Gasteiger partial charge in [-0.1, -0.05) is 20.3 Å². The van der Waals surface area contributed by atoms with Crippen molar-refractivity contribution in [2.75, 3.05) is 53.2 Å². The number of imide groups is 2. The molecule has 0 bridgehead atoms. The van der Waals surface area contributed by atoms with Crippen molar-refractivity contribution in [3.05, 3.63) is 10.6 Å². The predicted octanol–water partition coefficient (Wildman–Crippen LogP) is 2.42. The first kappa shape index (κ1) is 31.3. The van der Waals surface area contributed by atoms with Crippen LogP contribution in [0, 0.1) is 11.3 Å². The Morgan fingerprint density at radius 2 is 1.80 bits per heavy atom. The summed E-state index contributed by atoms with van der Waals surface area (Å²) in [4.78, 5) is 71.1. The molecular weight excluding hydrogens is 546 g/mol. The van der Waals surface area contributed by atoms with E-state index >= 15 is 0 Å². The molecule has 4 rings (SSSR count). The van der Waals surface area contributed by atoms with Crippen LogP contribution in [0.15, 0.2) is 10.6 Å².